The highest BCUT2D eigenvalue weighted by molar-refractivity contribution is 7.86. The number of hydrogen-bond acceptors (Lipinski definition) is 6. The Balaban J connectivity index is 3.26. The second kappa shape index (κ2) is 7.22. The van der Waals surface area contributed by atoms with Gasteiger partial charge in [0, 0.05) is 0 Å². The van der Waals surface area contributed by atoms with E-state index in [4.69, 9.17) is 9.84 Å². The third kappa shape index (κ3) is 8.13. The van der Waals surface area contributed by atoms with Gasteiger partial charge in [0.05, 0.1) is 25.6 Å². The van der Waals surface area contributed by atoms with Gasteiger partial charge in [0.15, 0.2) is 0 Å². The van der Waals surface area contributed by atoms with Crippen LogP contribution in [0.5, 0.6) is 0 Å². The molecule has 1 N–H and O–H groups in total. The molecule has 0 spiro atoms. The molecular formula is C6H14O6S. The first-order chi connectivity index (χ1) is 6.12. The molecule has 0 aliphatic carbocycles. The predicted molar refractivity (Wildman–Crippen MR) is 44.4 cm³/mol. The van der Waals surface area contributed by atoms with Crippen molar-refractivity contribution in [1.29, 1.82) is 0 Å². The smallest absolute Gasteiger partial charge is 0.293 e. The van der Waals surface area contributed by atoms with Gasteiger partial charge in [0.2, 0.25) is 0 Å². The van der Waals surface area contributed by atoms with Gasteiger partial charge in [-0.1, -0.05) is 0 Å². The van der Waals surface area contributed by atoms with Crippen LogP contribution in [-0.2, 0) is 24.1 Å². The zero-order chi connectivity index (χ0) is 10.2. The molecule has 0 aliphatic heterocycles. The topological polar surface area (TPSA) is 82.1 Å². The van der Waals surface area contributed by atoms with Crippen LogP contribution in [0, 0.1) is 0 Å². The largest absolute Gasteiger partial charge is 0.394 e. The van der Waals surface area contributed by atoms with E-state index in [-0.39, 0.29) is 32.2 Å². The fourth-order valence-electron chi connectivity index (χ4n) is 0.415. The van der Waals surface area contributed by atoms with Crippen molar-refractivity contribution in [1.82, 2.24) is 0 Å². The molecule has 0 saturated heterocycles. The maximum atomic E-state index is 10.7. The van der Waals surface area contributed by atoms with Gasteiger partial charge in [0.25, 0.3) is 10.1 Å². The average molecular weight is 214 g/mol. The molecule has 0 amide bonds. The zero-order valence-corrected chi connectivity index (χ0v) is 8.25. The number of aliphatic hydroxyl groups excluding tert-OH is 1. The van der Waals surface area contributed by atoms with E-state index < -0.39 is 10.1 Å². The van der Waals surface area contributed by atoms with E-state index in [1.807, 2.05) is 0 Å². The highest BCUT2D eigenvalue weighted by Crippen LogP contribution is 1.92. The fourth-order valence-corrected chi connectivity index (χ4v) is 0.726. The average Bonchev–Trinajstić information content (AvgIpc) is 2.11. The molecule has 0 fully saturated rings. The van der Waals surface area contributed by atoms with Crippen molar-refractivity contribution < 1.29 is 27.5 Å². The Morgan fingerprint density at radius 3 is 2.46 bits per heavy atom. The number of rotatable bonds is 8. The van der Waals surface area contributed by atoms with Crippen molar-refractivity contribution in [2.24, 2.45) is 0 Å². The third-order valence-corrected chi connectivity index (χ3v) is 2.06. The predicted octanol–water partition coefficient (Wildman–Crippen LogP) is -0.707. The highest BCUT2D eigenvalue weighted by Gasteiger charge is 2.07. The lowest BCUT2D eigenvalue weighted by Gasteiger charge is -2.02. The van der Waals surface area contributed by atoms with Crippen LogP contribution in [0.3, 0.4) is 0 Å². The first kappa shape index (κ1) is 12.8. The van der Waals surface area contributed by atoms with Gasteiger partial charge in [-0.05, 0) is 6.92 Å². The quantitative estimate of drug-likeness (QED) is 0.326. The van der Waals surface area contributed by atoms with Crippen molar-refractivity contribution in [3.05, 3.63) is 0 Å². The molecular weight excluding hydrogens is 200 g/mol. The lowest BCUT2D eigenvalue weighted by molar-refractivity contribution is -0.210. The molecule has 0 aromatic rings. The molecule has 13 heavy (non-hydrogen) atoms. The lowest BCUT2D eigenvalue weighted by Crippen LogP contribution is -2.12. The van der Waals surface area contributed by atoms with Gasteiger partial charge >= 0.3 is 0 Å². The van der Waals surface area contributed by atoms with E-state index in [2.05, 4.69) is 9.22 Å². The van der Waals surface area contributed by atoms with Crippen molar-refractivity contribution in [3.63, 3.8) is 0 Å². The highest BCUT2D eigenvalue weighted by atomic mass is 32.2. The van der Waals surface area contributed by atoms with E-state index in [1.54, 1.807) is 0 Å². The SMILES string of the molecule is CCS(=O)(=O)OOCCOCCO. The fraction of sp³-hybridized carbons (Fsp3) is 1.00. The summed E-state index contributed by atoms with van der Waals surface area (Å²) in [7, 11) is -3.54. The van der Waals surface area contributed by atoms with Gasteiger partial charge in [0.1, 0.15) is 6.61 Å². The Hall–Kier alpha value is -0.210. The van der Waals surface area contributed by atoms with Crippen LogP contribution in [0.15, 0.2) is 0 Å². The summed E-state index contributed by atoms with van der Waals surface area (Å²) in [6.45, 7) is 1.76. The zero-order valence-electron chi connectivity index (χ0n) is 7.43. The molecule has 0 atom stereocenters. The molecule has 0 aliphatic rings. The number of ether oxygens (including phenoxy) is 1. The molecule has 0 rings (SSSR count). The molecule has 0 unspecified atom stereocenters. The van der Waals surface area contributed by atoms with E-state index >= 15 is 0 Å². The van der Waals surface area contributed by atoms with Crippen LogP contribution >= 0.6 is 0 Å². The molecule has 6 nitrogen and oxygen atoms in total. The maximum Gasteiger partial charge on any atom is 0.293 e. The van der Waals surface area contributed by atoms with Gasteiger partial charge in [-0.2, -0.15) is 8.42 Å². The summed E-state index contributed by atoms with van der Waals surface area (Å²) in [5.74, 6) is -0.134. The van der Waals surface area contributed by atoms with Crippen molar-refractivity contribution >= 4 is 10.1 Å². The minimum atomic E-state index is -3.54. The lowest BCUT2D eigenvalue weighted by atomic mass is 10.7. The Morgan fingerprint density at radius 1 is 1.23 bits per heavy atom. The summed E-state index contributed by atoms with van der Waals surface area (Å²) in [4.78, 5) is 4.34. The van der Waals surface area contributed by atoms with Crippen molar-refractivity contribution in [3.8, 4) is 0 Å². The summed E-state index contributed by atoms with van der Waals surface area (Å²) in [6.07, 6.45) is 0. The van der Waals surface area contributed by atoms with Crippen LogP contribution < -0.4 is 0 Å². The van der Waals surface area contributed by atoms with E-state index in [9.17, 15) is 8.42 Å². The van der Waals surface area contributed by atoms with Gasteiger partial charge in [-0.3, -0.25) is 0 Å². The standard InChI is InChI=1S/C6H14O6S/c1-2-13(8,9)12-11-6-5-10-4-3-7/h7H,2-6H2,1H3. The van der Waals surface area contributed by atoms with E-state index in [1.165, 1.54) is 6.92 Å². The Morgan fingerprint density at radius 2 is 1.92 bits per heavy atom. The van der Waals surface area contributed by atoms with Gasteiger partial charge in [-0.25, -0.2) is 4.89 Å². The number of hydrogen-bond donors (Lipinski definition) is 1. The van der Waals surface area contributed by atoms with Crippen LogP contribution in [0.1, 0.15) is 6.92 Å². The molecule has 7 heteroatoms. The number of aliphatic hydroxyl groups is 1. The van der Waals surface area contributed by atoms with Crippen molar-refractivity contribution in [2.75, 3.05) is 32.2 Å². The van der Waals surface area contributed by atoms with Crippen LogP contribution in [0.25, 0.3) is 0 Å². The Labute approximate surface area is 77.5 Å². The molecule has 0 radical (unpaired) electrons. The second-order valence-corrected chi connectivity index (χ2v) is 3.90. The van der Waals surface area contributed by atoms with Crippen LogP contribution in [0.2, 0.25) is 0 Å². The summed E-state index contributed by atoms with van der Waals surface area (Å²) >= 11 is 0. The summed E-state index contributed by atoms with van der Waals surface area (Å²) < 4.78 is 30.2. The first-order valence-electron chi connectivity index (χ1n) is 3.84. The summed E-state index contributed by atoms with van der Waals surface area (Å²) in [5, 5.41) is 8.30. The van der Waals surface area contributed by atoms with Crippen LogP contribution in [0.4, 0.5) is 0 Å². The van der Waals surface area contributed by atoms with Gasteiger partial charge < -0.3 is 9.84 Å². The molecule has 80 valence electrons. The maximum absolute atomic E-state index is 10.7. The molecule has 0 saturated carbocycles. The second-order valence-electron chi connectivity index (χ2n) is 2.07. The molecule has 0 aromatic carbocycles. The minimum absolute atomic E-state index is 0.0131. The first-order valence-corrected chi connectivity index (χ1v) is 5.42. The van der Waals surface area contributed by atoms with Crippen LogP contribution in [-0.4, -0.2) is 45.7 Å². The van der Waals surface area contributed by atoms with Crippen molar-refractivity contribution in [2.45, 2.75) is 6.92 Å². The Kier molecular flexibility index (Phi) is 7.10. The van der Waals surface area contributed by atoms with E-state index in [0.29, 0.717) is 0 Å². The van der Waals surface area contributed by atoms with Gasteiger partial charge in [-0.15, -0.1) is 4.33 Å². The normalized spacial score (nSPS) is 11.8. The third-order valence-electron chi connectivity index (χ3n) is 1.05. The molecule has 0 heterocycles. The monoisotopic (exact) mass is 214 g/mol. The summed E-state index contributed by atoms with van der Waals surface area (Å²) in [6, 6.07) is 0. The van der Waals surface area contributed by atoms with E-state index in [0.717, 1.165) is 0 Å². The Bertz CT molecular complexity index is 199. The molecule has 0 bridgehead atoms. The summed E-state index contributed by atoms with van der Waals surface area (Å²) in [5.41, 5.74) is 0. The molecule has 0 aromatic heterocycles. The minimum Gasteiger partial charge on any atom is -0.394 e.